The van der Waals surface area contributed by atoms with E-state index in [1.54, 1.807) is 0 Å². The van der Waals surface area contributed by atoms with Crippen LogP contribution in [0.15, 0.2) is 48.5 Å². The van der Waals surface area contributed by atoms with Gasteiger partial charge in [-0.15, -0.1) is 0 Å². The first kappa shape index (κ1) is 16.8. The van der Waals surface area contributed by atoms with Crippen molar-refractivity contribution in [3.63, 3.8) is 0 Å². The van der Waals surface area contributed by atoms with E-state index in [1.165, 1.54) is 47.9 Å². The highest BCUT2D eigenvalue weighted by atomic mass is 14.2. The fraction of sp³-hybridized carbons (Fsp3) is 0.455. The van der Waals surface area contributed by atoms with Crippen LogP contribution < -0.4 is 0 Å². The number of hydrogen-bond donors (Lipinski definition) is 0. The van der Waals surface area contributed by atoms with Crippen molar-refractivity contribution in [3.05, 3.63) is 70.8 Å². The standard InChI is InChI=1S/C22H30/c1-17-8-12-21(13-9-17)14-10-19(3)20(4)11-15-22-7-5-6-18(2)16-22/h5-9,12-13,16,19-20H,10-11,14-15H2,1-4H3. The Kier molecular flexibility index (Phi) is 6.24. The molecule has 0 aromatic heterocycles. The Morgan fingerprint density at radius 1 is 0.682 bits per heavy atom. The molecule has 118 valence electrons. The largest absolute Gasteiger partial charge is 0.0622 e. The van der Waals surface area contributed by atoms with E-state index in [2.05, 4.69) is 76.2 Å². The predicted molar refractivity (Wildman–Crippen MR) is 97.3 cm³/mol. The SMILES string of the molecule is Cc1ccc(CCC(C)C(C)CCc2cccc(C)c2)cc1. The van der Waals surface area contributed by atoms with Gasteiger partial charge in [0.15, 0.2) is 0 Å². The first-order chi connectivity index (χ1) is 10.5. The molecule has 0 heterocycles. The van der Waals surface area contributed by atoms with Crippen molar-refractivity contribution in [1.29, 1.82) is 0 Å². The molecule has 2 aromatic carbocycles. The molecule has 0 amide bonds. The smallest absolute Gasteiger partial charge is 0.0276 e. The van der Waals surface area contributed by atoms with Crippen LogP contribution in [0.5, 0.6) is 0 Å². The van der Waals surface area contributed by atoms with Crippen LogP contribution in [0.4, 0.5) is 0 Å². The van der Waals surface area contributed by atoms with Crippen LogP contribution in [-0.4, -0.2) is 0 Å². The van der Waals surface area contributed by atoms with Crippen LogP contribution in [0.1, 0.15) is 48.9 Å². The van der Waals surface area contributed by atoms with Gasteiger partial charge in [0, 0.05) is 0 Å². The molecule has 22 heavy (non-hydrogen) atoms. The summed E-state index contributed by atoms with van der Waals surface area (Å²) in [7, 11) is 0. The summed E-state index contributed by atoms with van der Waals surface area (Å²) in [6.07, 6.45) is 4.99. The van der Waals surface area contributed by atoms with Gasteiger partial charge in [-0.3, -0.25) is 0 Å². The summed E-state index contributed by atoms with van der Waals surface area (Å²) < 4.78 is 0. The minimum absolute atomic E-state index is 0.783. The Hall–Kier alpha value is -1.56. The fourth-order valence-corrected chi connectivity index (χ4v) is 2.98. The molecule has 0 saturated heterocycles. The van der Waals surface area contributed by atoms with E-state index in [9.17, 15) is 0 Å². The van der Waals surface area contributed by atoms with E-state index in [4.69, 9.17) is 0 Å². The maximum absolute atomic E-state index is 2.41. The predicted octanol–water partition coefficient (Wildman–Crippen LogP) is 6.14. The Morgan fingerprint density at radius 3 is 1.86 bits per heavy atom. The van der Waals surface area contributed by atoms with Crippen LogP contribution in [0.3, 0.4) is 0 Å². The molecule has 2 unspecified atom stereocenters. The summed E-state index contributed by atoms with van der Waals surface area (Å²) in [5, 5.41) is 0. The summed E-state index contributed by atoms with van der Waals surface area (Å²) >= 11 is 0. The minimum Gasteiger partial charge on any atom is -0.0622 e. The maximum atomic E-state index is 2.41. The zero-order chi connectivity index (χ0) is 15.9. The molecule has 0 N–H and O–H groups in total. The van der Waals surface area contributed by atoms with Gasteiger partial charge in [-0.2, -0.15) is 0 Å². The van der Waals surface area contributed by atoms with Crippen molar-refractivity contribution in [3.8, 4) is 0 Å². The van der Waals surface area contributed by atoms with Crippen molar-refractivity contribution in [1.82, 2.24) is 0 Å². The molecule has 0 saturated carbocycles. The quantitative estimate of drug-likeness (QED) is 0.575. The van der Waals surface area contributed by atoms with Gasteiger partial charge in [0.05, 0.1) is 0 Å². The number of aryl methyl sites for hydroxylation is 4. The molecular weight excluding hydrogens is 264 g/mol. The molecule has 0 aliphatic carbocycles. The van der Waals surface area contributed by atoms with Gasteiger partial charge in [-0.25, -0.2) is 0 Å². The third kappa shape index (κ3) is 5.33. The normalized spacial score (nSPS) is 13.8. The molecule has 2 rings (SSSR count). The van der Waals surface area contributed by atoms with Crippen molar-refractivity contribution in [2.75, 3.05) is 0 Å². The Bertz CT molecular complexity index is 565. The van der Waals surface area contributed by atoms with E-state index in [0.29, 0.717) is 0 Å². The van der Waals surface area contributed by atoms with E-state index in [0.717, 1.165) is 11.8 Å². The molecule has 0 fully saturated rings. The highest BCUT2D eigenvalue weighted by Crippen LogP contribution is 2.23. The van der Waals surface area contributed by atoms with Gasteiger partial charge in [0.1, 0.15) is 0 Å². The molecule has 0 radical (unpaired) electrons. The van der Waals surface area contributed by atoms with Gasteiger partial charge in [0.2, 0.25) is 0 Å². The fourth-order valence-electron chi connectivity index (χ4n) is 2.98. The Labute approximate surface area is 136 Å². The summed E-state index contributed by atoms with van der Waals surface area (Å²) in [6, 6.07) is 17.9. The average molecular weight is 294 g/mol. The second-order valence-electron chi connectivity index (χ2n) is 7.01. The van der Waals surface area contributed by atoms with Crippen LogP contribution in [-0.2, 0) is 12.8 Å². The summed E-state index contributed by atoms with van der Waals surface area (Å²) in [6.45, 7) is 9.15. The number of benzene rings is 2. The Balaban J connectivity index is 1.76. The molecule has 2 aromatic rings. The third-order valence-electron chi connectivity index (χ3n) is 4.95. The maximum Gasteiger partial charge on any atom is -0.0276 e. The molecule has 0 nitrogen and oxygen atoms in total. The van der Waals surface area contributed by atoms with Gasteiger partial charge in [-0.05, 0) is 62.5 Å². The molecule has 0 spiro atoms. The monoisotopic (exact) mass is 294 g/mol. The van der Waals surface area contributed by atoms with Crippen LogP contribution in [0.25, 0.3) is 0 Å². The zero-order valence-corrected chi connectivity index (χ0v) is 14.6. The van der Waals surface area contributed by atoms with E-state index in [-0.39, 0.29) is 0 Å². The Morgan fingerprint density at radius 2 is 1.27 bits per heavy atom. The minimum atomic E-state index is 0.783. The zero-order valence-electron chi connectivity index (χ0n) is 14.6. The van der Waals surface area contributed by atoms with Crippen molar-refractivity contribution in [2.24, 2.45) is 11.8 Å². The molecule has 0 heteroatoms. The first-order valence-corrected chi connectivity index (χ1v) is 8.65. The van der Waals surface area contributed by atoms with Gasteiger partial charge >= 0.3 is 0 Å². The molecule has 0 aliphatic heterocycles. The first-order valence-electron chi connectivity index (χ1n) is 8.65. The van der Waals surface area contributed by atoms with Crippen molar-refractivity contribution in [2.45, 2.75) is 53.4 Å². The highest BCUT2D eigenvalue weighted by Gasteiger charge is 2.12. The van der Waals surface area contributed by atoms with Gasteiger partial charge in [0.25, 0.3) is 0 Å². The second-order valence-corrected chi connectivity index (χ2v) is 7.01. The number of rotatable bonds is 7. The number of hydrogen-bond acceptors (Lipinski definition) is 0. The van der Waals surface area contributed by atoms with E-state index >= 15 is 0 Å². The van der Waals surface area contributed by atoms with E-state index < -0.39 is 0 Å². The molecule has 2 atom stereocenters. The lowest BCUT2D eigenvalue weighted by atomic mass is 9.86. The van der Waals surface area contributed by atoms with Crippen LogP contribution >= 0.6 is 0 Å². The second kappa shape index (κ2) is 8.17. The molecule has 0 aliphatic rings. The highest BCUT2D eigenvalue weighted by molar-refractivity contribution is 5.22. The average Bonchev–Trinajstić information content (AvgIpc) is 2.52. The van der Waals surface area contributed by atoms with Crippen molar-refractivity contribution >= 4 is 0 Å². The van der Waals surface area contributed by atoms with Gasteiger partial charge < -0.3 is 0 Å². The van der Waals surface area contributed by atoms with Crippen molar-refractivity contribution < 1.29 is 0 Å². The topological polar surface area (TPSA) is 0 Å². The van der Waals surface area contributed by atoms with E-state index in [1.807, 2.05) is 0 Å². The van der Waals surface area contributed by atoms with Crippen LogP contribution in [0, 0.1) is 25.7 Å². The lowest BCUT2D eigenvalue weighted by molar-refractivity contribution is 0.344. The third-order valence-corrected chi connectivity index (χ3v) is 4.95. The lowest BCUT2D eigenvalue weighted by Gasteiger charge is -2.20. The summed E-state index contributed by atoms with van der Waals surface area (Å²) in [4.78, 5) is 0. The molecular formula is C22H30. The molecule has 0 bridgehead atoms. The summed E-state index contributed by atoms with van der Waals surface area (Å²) in [5.41, 5.74) is 5.68. The van der Waals surface area contributed by atoms with Crippen LogP contribution in [0.2, 0.25) is 0 Å². The lowest BCUT2D eigenvalue weighted by Crippen LogP contribution is -2.10. The van der Waals surface area contributed by atoms with Gasteiger partial charge in [-0.1, -0.05) is 73.5 Å². The summed E-state index contributed by atoms with van der Waals surface area (Å²) in [5.74, 6) is 1.57.